The molecule has 4 atom stereocenters. The number of halogens is 2. The minimum atomic E-state index is 0. The molecule has 0 spiro atoms. The van der Waals surface area contributed by atoms with Crippen LogP contribution in [-0.4, -0.2) is 48.1 Å². The molecule has 4 saturated heterocycles. The molecule has 134 valence electrons. The van der Waals surface area contributed by atoms with Gasteiger partial charge in [-0.15, -0.1) is 24.8 Å². The quantitative estimate of drug-likeness (QED) is 0.809. The second-order valence-electron chi connectivity index (χ2n) is 7.80. The third-order valence-electron chi connectivity index (χ3n) is 6.23. The summed E-state index contributed by atoms with van der Waals surface area (Å²) in [6.45, 7) is 2.47. The summed E-state index contributed by atoms with van der Waals surface area (Å²) in [5.74, 6) is 0.938. The van der Waals surface area contributed by atoms with E-state index in [1.807, 2.05) is 0 Å². The van der Waals surface area contributed by atoms with Crippen molar-refractivity contribution in [1.29, 1.82) is 0 Å². The van der Waals surface area contributed by atoms with Gasteiger partial charge in [-0.1, -0.05) is 0 Å². The van der Waals surface area contributed by atoms with Crippen molar-refractivity contribution in [2.45, 2.75) is 82.0 Å². The van der Waals surface area contributed by atoms with Crippen LogP contribution < -0.4 is 10.6 Å². The fraction of sp³-hybridized carbons (Fsp3) is 0.941. The summed E-state index contributed by atoms with van der Waals surface area (Å²) in [6, 6.07) is 2.58. The molecule has 23 heavy (non-hydrogen) atoms. The predicted molar refractivity (Wildman–Crippen MR) is 97.5 cm³/mol. The van der Waals surface area contributed by atoms with Crippen LogP contribution in [0.5, 0.6) is 0 Å². The topological polar surface area (TPSA) is 44.4 Å². The number of fused-ring (bicyclic) bond motifs is 3. The Morgan fingerprint density at radius 1 is 1.00 bits per heavy atom. The molecule has 6 heteroatoms. The minimum absolute atomic E-state index is 0. The smallest absolute Gasteiger partial charge is 0.220 e. The second kappa shape index (κ2) is 8.37. The summed E-state index contributed by atoms with van der Waals surface area (Å²) in [5.41, 5.74) is 0. The van der Waals surface area contributed by atoms with Crippen LogP contribution in [0.1, 0.15) is 57.8 Å². The molecule has 4 aliphatic heterocycles. The van der Waals surface area contributed by atoms with E-state index in [4.69, 9.17) is 0 Å². The predicted octanol–water partition coefficient (Wildman–Crippen LogP) is 2.49. The van der Waals surface area contributed by atoms with Gasteiger partial charge in [0.25, 0.3) is 0 Å². The normalized spacial score (nSPS) is 39.0. The number of nitrogens with one attached hydrogen (secondary N) is 2. The average molecular weight is 364 g/mol. The van der Waals surface area contributed by atoms with E-state index in [-0.39, 0.29) is 24.8 Å². The molecule has 2 N–H and O–H groups in total. The number of piperidine rings is 2. The first-order valence-electron chi connectivity index (χ1n) is 9.06. The molecule has 0 aromatic carbocycles. The van der Waals surface area contributed by atoms with E-state index in [0.717, 1.165) is 18.9 Å². The van der Waals surface area contributed by atoms with Crippen molar-refractivity contribution in [3.63, 3.8) is 0 Å². The Labute approximate surface area is 152 Å². The summed E-state index contributed by atoms with van der Waals surface area (Å²) >= 11 is 0. The van der Waals surface area contributed by atoms with Gasteiger partial charge in [0, 0.05) is 37.1 Å². The van der Waals surface area contributed by atoms with Gasteiger partial charge in [0.2, 0.25) is 5.91 Å². The highest BCUT2D eigenvalue weighted by molar-refractivity contribution is 5.85. The Morgan fingerprint density at radius 2 is 1.74 bits per heavy atom. The molecule has 4 unspecified atom stereocenters. The van der Waals surface area contributed by atoms with E-state index in [2.05, 4.69) is 15.5 Å². The molecule has 1 amide bonds. The van der Waals surface area contributed by atoms with Crippen molar-refractivity contribution in [2.75, 3.05) is 13.1 Å². The van der Waals surface area contributed by atoms with Crippen LogP contribution in [-0.2, 0) is 4.79 Å². The first-order chi connectivity index (χ1) is 10.3. The fourth-order valence-corrected chi connectivity index (χ4v) is 5.25. The van der Waals surface area contributed by atoms with E-state index in [1.54, 1.807) is 0 Å². The Balaban J connectivity index is 0.000000960. The van der Waals surface area contributed by atoms with Gasteiger partial charge in [0.1, 0.15) is 0 Å². The third-order valence-corrected chi connectivity index (χ3v) is 6.23. The molecule has 4 aliphatic rings. The highest BCUT2D eigenvalue weighted by Gasteiger charge is 2.35. The number of carbonyl (C=O) groups excluding carboxylic acids is 1. The van der Waals surface area contributed by atoms with Gasteiger partial charge >= 0.3 is 0 Å². The first-order valence-corrected chi connectivity index (χ1v) is 9.06. The molecule has 0 aromatic heterocycles. The number of nitrogens with zero attached hydrogens (tertiary/aromatic N) is 1. The SMILES string of the molecule is Cl.Cl.O=C(CC1CC2CCC(C1)N2)NC1CCN2CCCC2C1. The molecule has 2 bridgehead atoms. The molecular formula is C17H31Cl2N3O. The average Bonchev–Trinajstić information content (AvgIpc) is 3.04. The lowest BCUT2D eigenvalue weighted by atomic mass is 9.89. The van der Waals surface area contributed by atoms with Crippen molar-refractivity contribution in [3.8, 4) is 0 Å². The molecule has 0 saturated carbocycles. The van der Waals surface area contributed by atoms with Crippen molar-refractivity contribution in [1.82, 2.24) is 15.5 Å². The van der Waals surface area contributed by atoms with Crippen LogP contribution in [0.4, 0.5) is 0 Å². The van der Waals surface area contributed by atoms with E-state index >= 15 is 0 Å². The molecule has 4 nitrogen and oxygen atoms in total. The Hall–Kier alpha value is -0.0300. The van der Waals surface area contributed by atoms with Crippen LogP contribution in [0.3, 0.4) is 0 Å². The Morgan fingerprint density at radius 3 is 2.48 bits per heavy atom. The number of rotatable bonds is 3. The lowest BCUT2D eigenvalue weighted by molar-refractivity contribution is -0.123. The van der Waals surface area contributed by atoms with E-state index < -0.39 is 0 Å². The van der Waals surface area contributed by atoms with Crippen molar-refractivity contribution >= 4 is 30.7 Å². The van der Waals surface area contributed by atoms with E-state index in [9.17, 15) is 4.79 Å². The van der Waals surface area contributed by atoms with Gasteiger partial charge in [0.15, 0.2) is 0 Å². The van der Waals surface area contributed by atoms with Crippen LogP contribution in [0, 0.1) is 5.92 Å². The summed E-state index contributed by atoms with van der Waals surface area (Å²) in [6.07, 6.45) is 10.9. The Kier molecular flexibility index (Phi) is 7.02. The largest absolute Gasteiger partial charge is 0.353 e. The summed E-state index contributed by atoms with van der Waals surface area (Å²) in [5, 5.41) is 7.01. The zero-order chi connectivity index (χ0) is 14.2. The van der Waals surface area contributed by atoms with Crippen molar-refractivity contribution in [3.05, 3.63) is 0 Å². The van der Waals surface area contributed by atoms with E-state index in [0.29, 0.717) is 30.0 Å². The van der Waals surface area contributed by atoms with Gasteiger partial charge in [-0.25, -0.2) is 0 Å². The Bertz CT molecular complexity index is 397. The number of carbonyl (C=O) groups is 1. The number of amides is 1. The van der Waals surface area contributed by atoms with Gasteiger partial charge in [-0.3, -0.25) is 4.79 Å². The lowest BCUT2D eigenvalue weighted by Crippen LogP contribution is -2.48. The summed E-state index contributed by atoms with van der Waals surface area (Å²) in [4.78, 5) is 15.0. The first kappa shape index (κ1) is 19.3. The third kappa shape index (κ3) is 4.53. The van der Waals surface area contributed by atoms with E-state index in [1.165, 1.54) is 58.0 Å². The molecule has 4 heterocycles. The standard InChI is InChI=1S/C17H29N3O.2ClH/c21-17(10-12-8-13-3-4-14(9-12)18-13)19-15-5-7-20-6-1-2-16(20)11-15;;/h12-16,18H,1-11H2,(H,19,21);2*1H. The molecule has 4 fully saturated rings. The van der Waals surface area contributed by atoms with Gasteiger partial charge in [0.05, 0.1) is 0 Å². The molecule has 0 radical (unpaired) electrons. The minimum Gasteiger partial charge on any atom is -0.353 e. The second-order valence-corrected chi connectivity index (χ2v) is 7.80. The maximum Gasteiger partial charge on any atom is 0.220 e. The fourth-order valence-electron chi connectivity index (χ4n) is 5.25. The molecular weight excluding hydrogens is 333 g/mol. The number of hydrogen-bond acceptors (Lipinski definition) is 3. The van der Waals surface area contributed by atoms with Crippen LogP contribution >= 0.6 is 24.8 Å². The highest BCUT2D eigenvalue weighted by Crippen LogP contribution is 2.33. The monoisotopic (exact) mass is 363 g/mol. The molecule has 4 rings (SSSR count). The van der Waals surface area contributed by atoms with Crippen molar-refractivity contribution < 1.29 is 4.79 Å². The number of hydrogen-bond donors (Lipinski definition) is 2. The van der Waals surface area contributed by atoms with Gasteiger partial charge in [-0.2, -0.15) is 0 Å². The molecule has 0 aliphatic carbocycles. The van der Waals surface area contributed by atoms with Gasteiger partial charge < -0.3 is 15.5 Å². The highest BCUT2D eigenvalue weighted by atomic mass is 35.5. The van der Waals surface area contributed by atoms with Gasteiger partial charge in [-0.05, 0) is 63.8 Å². The van der Waals surface area contributed by atoms with Crippen LogP contribution in [0.2, 0.25) is 0 Å². The maximum absolute atomic E-state index is 12.4. The maximum atomic E-state index is 12.4. The molecule has 0 aromatic rings. The summed E-state index contributed by atoms with van der Waals surface area (Å²) in [7, 11) is 0. The lowest BCUT2D eigenvalue weighted by Gasteiger charge is -2.35. The summed E-state index contributed by atoms with van der Waals surface area (Å²) < 4.78 is 0. The zero-order valence-electron chi connectivity index (χ0n) is 13.8. The van der Waals surface area contributed by atoms with Crippen LogP contribution in [0.25, 0.3) is 0 Å². The zero-order valence-corrected chi connectivity index (χ0v) is 15.5. The van der Waals surface area contributed by atoms with Crippen LogP contribution in [0.15, 0.2) is 0 Å². The van der Waals surface area contributed by atoms with Crippen molar-refractivity contribution in [2.24, 2.45) is 5.92 Å².